The van der Waals surface area contributed by atoms with E-state index in [0.29, 0.717) is 0 Å². The van der Waals surface area contributed by atoms with Gasteiger partial charge in [0.1, 0.15) is 0 Å². The molecule has 2 heterocycles. The molecule has 0 amide bonds. The number of piperazine rings is 1. The number of thioether (sulfide) groups is 1. The van der Waals surface area contributed by atoms with Gasteiger partial charge in [-0.2, -0.15) is 11.8 Å². The van der Waals surface area contributed by atoms with Crippen molar-refractivity contribution >= 4 is 11.8 Å². The van der Waals surface area contributed by atoms with Crippen LogP contribution in [0.3, 0.4) is 0 Å². The maximum Gasteiger partial charge on any atom is 0.0224 e. The van der Waals surface area contributed by atoms with E-state index in [1.165, 1.54) is 69.5 Å². The van der Waals surface area contributed by atoms with Gasteiger partial charge in [0, 0.05) is 37.0 Å². The van der Waals surface area contributed by atoms with E-state index in [9.17, 15) is 0 Å². The van der Waals surface area contributed by atoms with Crippen LogP contribution in [0.4, 0.5) is 0 Å². The minimum absolute atomic E-state index is 0.786. The molecule has 3 fully saturated rings. The second-order valence-corrected chi connectivity index (χ2v) is 7.84. The molecular weight excluding hydrogens is 252 g/mol. The fourth-order valence-corrected chi connectivity index (χ4v) is 5.54. The molecule has 110 valence electrons. The Balaban J connectivity index is 1.62. The monoisotopic (exact) mass is 282 g/mol. The SMILES string of the molecule is CCC1CNC(C2CCCCC2)CN1C1CCSC1. The van der Waals surface area contributed by atoms with Crippen LogP contribution in [0.25, 0.3) is 0 Å². The summed E-state index contributed by atoms with van der Waals surface area (Å²) >= 11 is 2.16. The van der Waals surface area contributed by atoms with E-state index in [0.717, 1.165) is 24.0 Å². The maximum atomic E-state index is 3.89. The van der Waals surface area contributed by atoms with E-state index in [2.05, 4.69) is 28.9 Å². The largest absolute Gasteiger partial charge is 0.311 e. The minimum atomic E-state index is 0.786. The van der Waals surface area contributed by atoms with E-state index < -0.39 is 0 Å². The number of rotatable bonds is 3. The predicted octanol–water partition coefficient (Wildman–Crippen LogP) is 3.12. The fourth-order valence-electron chi connectivity index (χ4n) is 4.31. The second kappa shape index (κ2) is 6.82. The van der Waals surface area contributed by atoms with Gasteiger partial charge in [0.15, 0.2) is 0 Å². The van der Waals surface area contributed by atoms with Crippen LogP contribution in [0.1, 0.15) is 51.9 Å². The first-order chi connectivity index (χ1) is 9.38. The number of hydrogen-bond acceptors (Lipinski definition) is 3. The van der Waals surface area contributed by atoms with Crippen LogP contribution in [0.15, 0.2) is 0 Å². The predicted molar refractivity (Wildman–Crippen MR) is 84.9 cm³/mol. The lowest BCUT2D eigenvalue weighted by molar-refractivity contribution is 0.0645. The third kappa shape index (κ3) is 3.30. The first-order valence-corrected chi connectivity index (χ1v) is 9.61. The van der Waals surface area contributed by atoms with Crippen molar-refractivity contribution < 1.29 is 0 Å². The van der Waals surface area contributed by atoms with Crippen LogP contribution in [0.2, 0.25) is 0 Å². The summed E-state index contributed by atoms with van der Waals surface area (Å²) in [4.78, 5) is 2.88. The molecule has 1 N–H and O–H groups in total. The van der Waals surface area contributed by atoms with Crippen LogP contribution in [0, 0.1) is 5.92 Å². The molecule has 0 spiro atoms. The van der Waals surface area contributed by atoms with Crippen molar-refractivity contribution in [1.29, 1.82) is 0 Å². The summed E-state index contributed by atoms with van der Waals surface area (Å²) in [6.45, 7) is 4.93. The zero-order chi connectivity index (χ0) is 13.1. The molecule has 3 aliphatic rings. The van der Waals surface area contributed by atoms with Crippen molar-refractivity contribution in [3.8, 4) is 0 Å². The van der Waals surface area contributed by atoms with Gasteiger partial charge < -0.3 is 5.32 Å². The summed E-state index contributed by atoms with van der Waals surface area (Å²) in [7, 11) is 0. The molecule has 3 unspecified atom stereocenters. The summed E-state index contributed by atoms with van der Waals surface area (Å²) in [5.41, 5.74) is 0. The average Bonchev–Trinajstić information content (AvgIpc) is 3.01. The van der Waals surface area contributed by atoms with Crippen molar-refractivity contribution in [2.24, 2.45) is 5.92 Å². The Morgan fingerprint density at radius 2 is 2.00 bits per heavy atom. The highest BCUT2D eigenvalue weighted by Gasteiger charge is 2.36. The molecule has 0 aromatic carbocycles. The highest BCUT2D eigenvalue weighted by Crippen LogP contribution is 2.31. The Morgan fingerprint density at radius 3 is 2.68 bits per heavy atom. The quantitative estimate of drug-likeness (QED) is 0.856. The van der Waals surface area contributed by atoms with Gasteiger partial charge in [-0.05, 0) is 37.4 Å². The van der Waals surface area contributed by atoms with Gasteiger partial charge in [-0.25, -0.2) is 0 Å². The van der Waals surface area contributed by atoms with Gasteiger partial charge in [0.2, 0.25) is 0 Å². The molecule has 3 rings (SSSR count). The molecule has 3 atom stereocenters. The first kappa shape index (κ1) is 14.2. The van der Waals surface area contributed by atoms with Gasteiger partial charge in [0.25, 0.3) is 0 Å². The average molecular weight is 282 g/mol. The highest BCUT2D eigenvalue weighted by atomic mass is 32.2. The molecule has 0 bridgehead atoms. The topological polar surface area (TPSA) is 15.3 Å². The molecule has 1 saturated carbocycles. The molecule has 0 aromatic rings. The number of nitrogens with one attached hydrogen (secondary N) is 1. The van der Waals surface area contributed by atoms with Crippen LogP contribution < -0.4 is 5.32 Å². The first-order valence-electron chi connectivity index (χ1n) is 8.45. The van der Waals surface area contributed by atoms with E-state index in [-0.39, 0.29) is 0 Å². The van der Waals surface area contributed by atoms with Crippen LogP contribution in [0.5, 0.6) is 0 Å². The molecule has 2 aliphatic heterocycles. The maximum absolute atomic E-state index is 3.89. The molecule has 1 aliphatic carbocycles. The fraction of sp³-hybridized carbons (Fsp3) is 1.00. The van der Waals surface area contributed by atoms with Gasteiger partial charge in [-0.15, -0.1) is 0 Å². The Morgan fingerprint density at radius 1 is 1.16 bits per heavy atom. The number of nitrogens with zero attached hydrogens (tertiary/aromatic N) is 1. The zero-order valence-electron chi connectivity index (χ0n) is 12.4. The lowest BCUT2D eigenvalue weighted by atomic mass is 9.82. The second-order valence-electron chi connectivity index (χ2n) is 6.69. The zero-order valence-corrected chi connectivity index (χ0v) is 13.3. The Bertz CT molecular complexity index is 270. The molecule has 2 saturated heterocycles. The van der Waals surface area contributed by atoms with E-state index in [1.54, 1.807) is 0 Å². The van der Waals surface area contributed by atoms with Gasteiger partial charge in [0.05, 0.1) is 0 Å². The lowest BCUT2D eigenvalue weighted by Gasteiger charge is -2.46. The minimum Gasteiger partial charge on any atom is -0.311 e. The highest BCUT2D eigenvalue weighted by molar-refractivity contribution is 7.99. The third-order valence-electron chi connectivity index (χ3n) is 5.56. The van der Waals surface area contributed by atoms with Crippen LogP contribution in [-0.4, -0.2) is 47.6 Å². The summed E-state index contributed by atoms with van der Waals surface area (Å²) in [6.07, 6.45) is 10.1. The van der Waals surface area contributed by atoms with E-state index >= 15 is 0 Å². The lowest BCUT2D eigenvalue weighted by Crippen LogP contribution is -2.61. The summed E-state index contributed by atoms with van der Waals surface area (Å²) in [5, 5.41) is 3.89. The number of hydrogen-bond donors (Lipinski definition) is 1. The van der Waals surface area contributed by atoms with Gasteiger partial charge in [-0.3, -0.25) is 4.90 Å². The summed E-state index contributed by atoms with van der Waals surface area (Å²) in [5.74, 6) is 3.73. The van der Waals surface area contributed by atoms with Crippen LogP contribution >= 0.6 is 11.8 Å². The Labute approximate surface area is 123 Å². The van der Waals surface area contributed by atoms with Crippen molar-refractivity contribution in [3.05, 3.63) is 0 Å². The van der Waals surface area contributed by atoms with Crippen molar-refractivity contribution in [2.75, 3.05) is 24.6 Å². The van der Waals surface area contributed by atoms with Crippen LogP contribution in [-0.2, 0) is 0 Å². The van der Waals surface area contributed by atoms with Crippen molar-refractivity contribution in [2.45, 2.75) is 70.0 Å². The molecule has 3 heteroatoms. The van der Waals surface area contributed by atoms with E-state index in [1.807, 2.05) is 0 Å². The molecule has 0 radical (unpaired) electrons. The molecular formula is C16H30N2S. The van der Waals surface area contributed by atoms with Gasteiger partial charge >= 0.3 is 0 Å². The Hall–Kier alpha value is 0.270. The van der Waals surface area contributed by atoms with E-state index in [4.69, 9.17) is 0 Å². The standard InChI is InChI=1S/C16H30N2S/c1-2-14-10-17-16(13-6-4-3-5-7-13)11-18(14)15-8-9-19-12-15/h13-17H,2-12H2,1H3. The molecule has 2 nitrogen and oxygen atoms in total. The van der Waals surface area contributed by atoms with Crippen molar-refractivity contribution in [3.63, 3.8) is 0 Å². The summed E-state index contributed by atoms with van der Waals surface area (Å²) < 4.78 is 0. The molecule has 0 aromatic heterocycles. The Kier molecular flexibility index (Phi) is 5.10. The normalized spacial score (nSPS) is 38.7. The smallest absolute Gasteiger partial charge is 0.0224 e. The van der Waals surface area contributed by atoms with Crippen molar-refractivity contribution in [1.82, 2.24) is 10.2 Å². The van der Waals surface area contributed by atoms with Gasteiger partial charge in [-0.1, -0.05) is 26.2 Å². The molecule has 19 heavy (non-hydrogen) atoms. The third-order valence-corrected chi connectivity index (χ3v) is 6.70. The summed E-state index contributed by atoms with van der Waals surface area (Å²) in [6, 6.07) is 2.46.